The molecule has 14 rings (SSSR count). The summed E-state index contributed by atoms with van der Waals surface area (Å²) in [5.41, 5.74) is 6.08. The van der Waals surface area contributed by atoms with Crippen molar-refractivity contribution in [3.8, 4) is 70.3 Å². The third kappa shape index (κ3) is 31.2. The Balaban J connectivity index is 0.000000181. The molecule has 4 aliphatic heterocycles. The highest BCUT2D eigenvalue weighted by Gasteiger charge is 2.38. The van der Waals surface area contributed by atoms with Gasteiger partial charge in [-0.15, -0.1) is 0 Å². The van der Waals surface area contributed by atoms with Crippen molar-refractivity contribution in [2.45, 2.75) is 79.9 Å². The number of benzene rings is 10. The van der Waals surface area contributed by atoms with Crippen LogP contribution in [0.2, 0.25) is 20.1 Å². The first-order chi connectivity index (χ1) is 67.8. The predicted molar refractivity (Wildman–Crippen MR) is 567 cm³/mol. The van der Waals surface area contributed by atoms with Crippen LogP contribution in [0.3, 0.4) is 0 Å². The molecule has 0 spiro atoms. The van der Waals surface area contributed by atoms with Crippen LogP contribution in [-0.2, 0) is 56.0 Å². The van der Waals surface area contributed by atoms with Crippen LogP contribution in [-0.4, -0.2) is 239 Å². The Labute approximate surface area is 875 Å². The van der Waals surface area contributed by atoms with Gasteiger partial charge in [0.2, 0.25) is 40.1 Å². The molecule has 29 nitrogen and oxygen atoms in total. The van der Waals surface area contributed by atoms with Crippen LogP contribution in [0, 0.1) is 73.0 Å². The average Bonchev–Trinajstić information content (AvgIpc) is 0.786. The Bertz CT molecular complexity index is 6870. The molecule has 0 unspecified atom stereocenters. The van der Waals surface area contributed by atoms with E-state index < -0.39 is 40.1 Å². The minimum absolute atomic E-state index is 0.0459. The summed E-state index contributed by atoms with van der Waals surface area (Å²) in [4.78, 5) is 32.7. The fourth-order valence-electron chi connectivity index (χ4n) is 15.2. The molecule has 10 aromatic rings. The van der Waals surface area contributed by atoms with Gasteiger partial charge < -0.3 is 53.9 Å². The summed E-state index contributed by atoms with van der Waals surface area (Å²) in [5.74, 6) is 2.81. The molecule has 744 valence electrons. The van der Waals surface area contributed by atoms with E-state index in [-0.39, 0.29) is 142 Å². The van der Waals surface area contributed by atoms with Gasteiger partial charge in [-0.3, -0.25) is 9.59 Å². The quantitative estimate of drug-likeness (QED) is 0.0190. The summed E-state index contributed by atoms with van der Waals surface area (Å²) in [6.07, 6.45) is 4.00. The Morgan fingerprint density at radius 3 is 0.979 bits per heavy atom. The van der Waals surface area contributed by atoms with Gasteiger partial charge in [0.25, 0.3) is 0 Å². The maximum atomic E-state index is 13.6. The number of nitrogens with one attached hydrogen (secondary N) is 2. The lowest BCUT2D eigenvalue weighted by Gasteiger charge is -2.35. The number of ketones is 1. The smallest absolute Gasteiger partial charge is 0.307 e. The van der Waals surface area contributed by atoms with Gasteiger partial charge in [-0.1, -0.05) is 132 Å². The van der Waals surface area contributed by atoms with E-state index in [1.165, 1.54) is 90.0 Å². The zero-order valence-corrected chi connectivity index (χ0v) is 88.6. The van der Waals surface area contributed by atoms with E-state index in [0.29, 0.717) is 136 Å². The highest BCUT2D eigenvalue weighted by molar-refractivity contribution is 7.98. The molecule has 0 atom stereocenters. The van der Waals surface area contributed by atoms with E-state index >= 15 is 0 Å². The SMILES string of the molecule is CCOC(=O)CCNC(=S)N1CCN(S(=O)(=O)c2cc(C#N)ccc2Oc2cc(C)cc(Cl)c2)CC1.CSCCCNC(=S)N1CCN(S(=O)(=O)c2cc(C#N)ccc2Oc2cc(C)cc(Cl)c2)CC1.Cc1cc(Cl)cc(Oc2ccc(C#N)cc2S(=O)(=O)N2CCN(C(=S)CC(=O)c3ccccc3)CC2)c1.Cc1cc(Cl)cc(Oc2ccc(C#N)cc2S(=O)(=O)N2CCN(C(=S)Cc3ccccc3)CC2)c1. The summed E-state index contributed by atoms with van der Waals surface area (Å²) < 4.78 is 143. The molecule has 10 aromatic carbocycles. The summed E-state index contributed by atoms with van der Waals surface area (Å²) >= 11 is 48.3. The lowest BCUT2D eigenvalue weighted by atomic mass is 10.1. The zero-order valence-electron chi connectivity index (χ0n) is 78.3. The van der Waals surface area contributed by atoms with Gasteiger partial charge in [-0.05, 0) is 251 Å². The summed E-state index contributed by atoms with van der Waals surface area (Å²) in [7, 11) is -15.8. The Kier molecular flexibility index (Phi) is 41.0. The molecule has 0 aromatic heterocycles. The number of carbonyl (C=O) groups is 2. The molecule has 4 heterocycles. The van der Waals surface area contributed by atoms with Crippen molar-refractivity contribution in [3.63, 3.8) is 0 Å². The first-order valence-electron chi connectivity index (χ1n) is 44.7. The van der Waals surface area contributed by atoms with Gasteiger partial charge in [-0.2, -0.15) is 50.0 Å². The Morgan fingerprint density at radius 2 is 0.683 bits per heavy atom. The van der Waals surface area contributed by atoms with Crippen LogP contribution in [0.4, 0.5) is 0 Å². The molecule has 0 bridgehead atoms. The average molecular weight is 2170 g/mol. The van der Waals surface area contributed by atoms with E-state index in [0.717, 1.165) is 51.5 Å². The zero-order chi connectivity index (χ0) is 103. The molecule has 42 heteroatoms. The number of Topliss-reactive ketones (excluding diaryl/α,β-unsaturated/α-hetero) is 1. The summed E-state index contributed by atoms with van der Waals surface area (Å²) in [6, 6.07) is 64.8. The van der Waals surface area contributed by atoms with Crippen LogP contribution >= 0.6 is 107 Å². The first-order valence-corrected chi connectivity index (χ1v) is 55.0. The number of thiocarbonyl (C=S) groups is 4. The number of sulfonamides is 4. The number of halogens is 4. The maximum absolute atomic E-state index is 13.6. The largest absolute Gasteiger partial charge is 0.466 e. The molecule has 0 amide bonds. The number of nitrogens with zero attached hydrogens (tertiary/aromatic N) is 12. The van der Waals surface area contributed by atoms with Gasteiger partial charge in [0.1, 0.15) is 65.6 Å². The number of piperazine rings is 4. The van der Waals surface area contributed by atoms with Gasteiger partial charge in [0, 0.05) is 150 Å². The van der Waals surface area contributed by atoms with Crippen LogP contribution in [0.15, 0.2) is 226 Å². The molecular weight excluding hydrogens is 2070 g/mol. The molecule has 4 aliphatic rings. The van der Waals surface area contributed by atoms with Gasteiger partial charge in [0.05, 0.1) is 76.0 Å². The molecule has 4 fully saturated rings. The molecule has 0 aliphatic carbocycles. The Morgan fingerprint density at radius 1 is 0.387 bits per heavy atom. The minimum atomic E-state index is -3.99. The number of ether oxygens (including phenoxy) is 5. The maximum Gasteiger partial charge on any atom is 0.307 e. The minimum Gasteiger partial charge on any atom is -0.466 e. The molecule has 4 saturated heterocycles. The number of hydrogen-bond donors (Lipinski definition) is 2. The number of carbonyl (C=O) groups excluding carboxylic acids is 2. The van der Waals surface area contributed by atoms with E-state index in [2.05, 4.69) is 16.9 Å². The first kappa shape index (κ1) is 111. The topological polar surface area (TPSA) is 362 Å². The number of esters is 1. The Hall–Kier alpha value is -11.2. The van der Waals surface area contributed by atoms with Crippen molar-refractivity contribution in [2.24, 2.45) is 0 Å². The van der Waals surface area contributed by atoms with Crippen LogP contribution in [0.1, 0.15) is 86.6 Å². The highest BCUT2D eigenvalue weighted by Crippen LogP contribution is 2.40. The van der Waals surface area contributed by atoms with E-state index in [9.17, 15) is 64.3 Å². The van der Waals surface area contributed by atoms with Gasteiger partial charge >= 0.3 is 5.97 Å². The van der Waals surface area contributed by atoms with Crippen LogP contribution in [0.5, 0.6) is 46.0 Å². The van der Waals surface area contributed by atoms with E-state index in [1.807, 2.05) is 108 Å². The fraction of sp³-hybridized carbons (Fsp3) is 0.300. The molecule has 0 saturated carbocycles. The second kappa shape index (κ2) is 52.4. The molecular formula is C100H102Cl4N14O15S9. The van der Waals surface area contributed by atoms with Gasteiger partial charge in [0.15, 0.2) is 16.0 Å². The van der Waals surface area contributed by atoms with Crippen molar-refractivity contribution in [3.05, 3.63) is 282 Å². The van der Waals surface area contributed by atoms with Gasteiger partial charge in [-0.25, -0.2) is 33.7 Å². The highest BCUT2D eigenvalue weighted by atomic mass is 35.5. The molecule has 0 radical (unpaired) electrons. The van der Waals surface area contributed by atoms with Crippen molar-refractivity contribution in [1.82, 2.24) is 47.5 Å². The van der Waals surface area contributed by atoms with E-state index in [4.69, 9.17) is 119 Å². The molecule has 2 N–H and O–H groups in total. The normalized spacial score (nSPS) is 14.3. The second-order valence-electron chi connectivity index (χ2n) is 32.7. The monoisotopic (exact) mass is 2170 g/mol. The number of aryl methyl sites for hydroxylation is 4. The number of nitriles is 4. The standard InChI is InChI=1S/C27H24ClN3O4S2.C26H24ClN3O3S2.C24H27ClN4O5S2.C23H27ClN4O3S3/c1-19-13-22(28)16-23(14-19)35-25-8-7-20(18-29)15-26(25)37(33,34)31-11-9-30(10-12-31)27(36)17-24(32)21-5-3-2-4-6-21;1-19-13-22(27)17-23(14-19)33-24-8-7-21(18-28)15-25(24)35(31,32)30-11-9-29(10-12-30)26(34)16-20-5-3-2-4-6-20;1-3-33-23(30)6-7-27-24(35)28-8-10-29(11-9-28)36(31,32)22-14-18(16-26)4-5-21(22)34-20-13-17(2)12-19(25)15-20;1-17-12-19(24)15-20(13-17)31-21-5-4-18(16-25)14-22(21)34(29,30)28-9-7-27(8-10-28)23(32)26-6-3-11-33-2/h2-8,13-16H,9-12,17H2,1H3;2-8,13-15,17H,9-12,16H2,1H3;4-5,12-15H,3,6-11H2,1-2H3,(H,27,35);4-5,12-15H,3,6-11H2,1-2H3,(H,26,32). The lowest BCUT2D eigenvalue weighted by molar-refractivity contribution is -0.142. The summed E-state index contributed by atoms with van der Waals surface area (Å²) in [6.45, 7) is 15.9. The van der Waals surface area contributed by atoms with E-state index in [1.54, 1.807) is 116 Å². The third-order valence-corrected chi connectivity index (χ3v) is 33.1. The number of thioether (sulfide) groups is 1. The van der Waals surface area contributed by atoms with Crippen molar-refractivity contribution in [1.29, 1.82) is 21.0 Å². The van der Waals surface area contributed by atoms with Crippen molar-refractivity contribution < 1.29 is 66.9 Å². The lowest BCUT2D eigenvalue weighted by Crippen LogP contribution is -2.53. The third-order valence-electron chi connectivity index (χ3n) is 22.3. The predicted octanol–water partition coefficient (Wildman–Crippen LogP) is 18.1. The fourth-order valence-corrected chi connectivity index (χ4v) is 24.2. The number of hydrogen-bond acceptors (Lipinski definition) is 24. The number of rotatable bonds is 29. The molecule has 142 heavy (non-hydrogen) atoms. The van der Waals surface area contributed by atoms with Crippen molar-refractivity contribution >= 4 is 179 Å². The van der Waals surface area contributed by atoms with Crippen molar-refractivity contribution in [2.75, 3.05) is 136 Å². The van der Waals surface area contributed by atoms with Crippen LogP contribution in [0.25, 0.3) is 0 Å². The summed E-state index contributed by atoms with van der Waals surface area (Å²) in [5, 5.41) is 46.7. The van der Waals surface area contributed by atoms with Crippen LogP contribution < -0.4 is 29.6 Å². The second-order valence-corrected chi connectivity index (χ2v) is 44.8.